The summed E-state index contributed by atoms with van der Waals surface area (Å²) in [5, 5.41) is 6.98. The minimum atomic E-state index is -0.522. The lowest BCUT2D eigenvalue weighted by molar-refractivity contribution is 0.0206. The van der Waals surface area contributed by atoms with Gasteiger partial charge >= 0.3 is 6.09 Å². The average Bonchev–Trinajstić information content (AvgIpc) is 3.09. The highest BCUT2D eigenvalue weighted by molar-refractivity contribution is 6.06. The first-order valence-corrected chi connectivity index (χ1v) is 9.21. The number of H-pyrrole nitrogens is 1. The number of aromatic nitrogens is 2. The molecule has 8 nitrogen and oxygen atoms in total. The third-order valence-corrected chi connectivity index (χ3v) is 4.48. The monoisotopic (exact) mass is 373 g/mol. The van der Waals surface area contributed by atoms with Gasteiger partial charge in [0, 0.05) is 44.0 Å². The van der Waals surface area contributed by atoms with Crippen molar-refractivity contribution in [1.29, 1.82) is 0 Å². The molecule has 1 aliphatic rings. The summed E-state index contributed by atoms with van der Waals surface area (Å²) in [5.74, 6) is -0.201. The summed E-state index contributed by atoms with van der Waals surface area (Å²) >= 11 is 0. The van der Waals surface area contributed by atoms with Crippen molar-refractivity contribution < 1.29 is 14.3 Å². The Hall–Kier alpha value is -2.77. The number of aromatic amines is 1. The molecule has 0 radical (unpaired) electrons. The van der Waals surface area contributed by atoms with E-state index in [1.807, 2.05) is 26.8 Å². The molecule has 2 amide bonds. The number of ether oxygens (including phenoxy) is 1. The van der Waals surface area contributed by atoms with Crippen LogP contribution in [-0.4, -0.2) is 58.6 Å². The van der Waals surface area contributed by atoms with Crippen LogP contribution < -0.4 is 10.6 Å². The van der Waals surface area contributed by atoms with Crippen molar-refractivity contribution >= 4 is 28.7 Å². The first-order chi connectivity index (χ1) is 12.8. The standard InChI is InChI=1S/C19H27N5O3/c1-19(2,3)27-18(26)24-9-5-6-12(11-24)23-15-13-7-8-21-16(13)22-10-14(15)17(25)20-4/h7-8,10,12H,5-6,9,11H2,1-4H3,(H,20,25)(H2,21,22,23)/t12-/m1/s1. The molecular formula is C19H27N5O3. The molecule has 1 aliphatic heterocycles. The summed E-state index contributed by atoms with van der Waals surface area (Å²) < 4.78 is 5.49. The number of likely N-dealkylation sites (tertiary alicyclic amines) is 1. The van der Waals surface area contributed by atoms with Crippen LogP contribution in [0.5, 0.6) is 0 Å². The van der Waals surface area contributed by atoms with Crippen LogP contribution in [0.1, 0.15) is 44.0 Å². The van der Waals surface area contributed by atoms with Crippen molar-refractivity contribution in [2.24, 2.45) is 0 Å². The first kappa shape index (κ1) is 19.0. The Morgan fingerprint density at radius 3 is 2.85 bits per heavy atom. The van der Waals surface area contributed by atoms with Gasteiger partial charge in [0.15, 0.2) is 0 Å². The zero-order chi connectivity index (χ0) is 19.6. The number of amides is 2. The van der Waals surface area contributed by atoms with Crippen LogP contribution in [0.25, 0.3) is 11.0 Å². The number of carbonyl (C=O) groups excluding carboxylic acids is 2. The number of hydrogen-bond acceptors (Lipinski definition) is 5. The fraction of sp³-hybridized carbons (Fsp3) is 0.526. The van der Waals surface area contributed by atoms with Crippen LogP contribution in [0.2, 0.25) is 0 Å². The number of hydrogen-bond donors (Lipinski definition) is 3. The van der Waals surface area contributed by atoms with E-state index in [1.54, 1.807) is 24.3 Å². The zero-order valence-corrected chi connectivity index (χ0v) is 16.3. The van der Waals surface area contributed by atoms with Crippen molar-refractivity contribution in [2.75, 3.05) is 25.5 Å². The van der Waals surface area contributed by atoms with E-state index in [0.29, 0.717) is 24.3 Å². The lowest BCUT2D eigenvalue weighted by Crippen LogP contribution is -2.47. The predicted octanol–water partition coefficient (Wildman–Crippen LogP) is 2.73. The Labute approximate surface area is 158 Å². The molecule has 0 bridgehead atoms. The summed E-state index contributed by atoms with van der Waals surface area (Å²) in [6.07, 6.45) is 4.83. The van der Waals surface area contributed by atoms with Crippen molar-refractivity contribution in [3.63, 3.8) is 0 Å². The second kappa shape index (κ2) is 7.46. The molecule has 0 aromatic carbocycles. The largest absolute Gasteiger partial charge is 0.444 e. The van der Waals surface area contributed by atoms with Crippen LogP contribution in [-0.2, 0) is 4.74 Å². The zero-order valence-electron chi connectivity index (χ0n) is 16.3. The molecule has 0 spiro atoms. The van der Waals surface area contributed by atoms with E-state index in [9.17, 15) is 9.59 Å². The van der Waals surface area contributed by atoms with Gasteiger partial charge in [0.25, 0.3) is 5.91 Å². The van der Waals surface area contributed by atoms with Crippen molar-refractivity contribution in [3.8, 4) is 0 Å². The van der Waals surface area contributed by atoms with E-state index in [0.717, 1.165) is 23.9 Å². The average molecular weight is 373 g/mol. The van der Waals surface area contributed by atoms with Crippen LogP contribution >= 0.6 is 0 Å². The van der Waals surface area contributed by atoms with E-state index in [4.69, 9.17) is 4.74 Å². The van der Waals surface area contributed by atoms with Gasteiger partial charge in [-0.1, -0.05) is 0 Å². The predicted molar refractivity (Wildman–Crippen MR) is 104 cm³/mol. The minimum Gasteiger partial charge on any atom is -0.444 e. The summed E-state index contributed by atoms with van der Waals surface area (Å²) in [5.41, 5.74) is 1.41. The van der Waals surface area contributed by atoms with Gasteiger partial charge in [0.05, 0.1) is 11.3 Å². The van der Waals surface area contributed by atoms with Gasteiger partial charge in [-0.3, -0.25) is 4.79 Å². The van der Waals surface area contributed by atoms with Crippen LogP contribution in [0.3, 0.4) is 0 Å². The van der Waals surface area contributed by atoms with Crippen LogP contribution in [0.4, 0.5) is 10.5 Å². The molecule has 3 heterocycles. The van der Waals surface area contributed by atoms with Crippen molar-refractivity contribution in [1.82, 2.24) is 20.2 Å². The Kier molecular flexibility index (Phi) is 5.25. The van der Waals surface area contributed by atoms with E-state index in [1.165, 1.54) is 0 Å². The summed E-state index contributed by atoms with van der Waals surface area (Å²) in [7, 11) is 1.60. The maximum Gasteiger partial charge on any atom is 0.410 e. The molecule has 0 unspecified atom stereocenters. The number of pyridine rings is 1. The molecular weight excluding hydrogens is 346 g/mol. The van der Waals surface area contributed by atoms with Gasteiger partial charge in [-0.25, -0.2) is 9.78 Å². The van der Waals surface area contributed by atoms with Gasteiger partial charge in [0.2, 0.25) is 0 Å². The molecule has 27 heavy (non-hydrogen) atoms. The topological polar surface area (TPSA) is 99.4 Å². The van der Waals surface area contributed by atoms with Gasteiger partial charge in [0.1, 0.15) is 11.2 Å². The molecule has 0 aliphatic carbocycles. The molecule has 1 fully saturated rings. The maximum atomic E-state index is 12.4. The lowest BCUT2D eigenvalue weighted by atomic mass is 10.0. The molecule has 3 N–H and O–H groups in total. The van der Waals surface area contributed by atoms with Crippen LogP contribution in [0.15, 0.2) is 18.5 Å². The van der Waals surface area contributed by atoms with E-state index in [2.05, 4.69) is 20.6 Å². The number of anilines is 1. The molecule has 3 rings (SSSR count). The molecule has 2 aromatic heterocycles. The molecule has 8 heteroatoms. The van der Waals surface area contributed by atoms with Crippen molar-refractivity contribution in [3.05, 3.63) is 24.0 Å². The third kappa shape index (κ3) is 4.32. The molecule has 0 saturated carbocycles. The van der Waals surface area contributed by atoms with Gasteiger partial charge < -0.3 is 25.3 Å². The van der Waals surface area contributed by atoms with Gasteiger partial charge in [-0.2, -0.15) is 0 Å². The highest BCUT2D eigenvalue weighted by Gasteiger charge is 2.28. The molecule has 1 atom stereocenters. The van der Waals surface area contributed by atoms with Crippen LogP contribution in [0, 0.1) is 0 Å². The second-order valence-electron chi connectivity index (χ2n) is 7.78. The van der Waals surface area contributed by atoms with Gasteiger partial charge in [-0.15, -0.1) is 0 Å². The number of fused-ring (bicyclic) bond motifs is 1. The first-order valence-electron chi connectivity index (χ1n) is 9.21. The second-order valence-corrected chi connectivity index (χ2v) is 7.78. The number of nitrogens with one attached hydrogen (secondary N) is 3. The summed E-state index contributed by atoms with van der Waals surface area (Å²) in [6, 6.07) is 1.92. The maximum absolute atomic E-state index is 12.4. The number of carbonyl (C=O) groups is 2. The number of piperidine rings is 1. The Bertz CT molecular complexity index is 839. The summed E-state index contributed by atoms with van der Waals surface area (Å²) in [4.78, 5) is 33.8. The number of nitrogens with zero attached hydrogens (tertiary/aromatic N) is 2. The Morgan fingerprint density at radius 2 is 2.15 bits per heavy atom. The highest BCUT2D eigenvalue weighted by Crippen LogP contribution is 2.28. The molecule has 2 aromatic rings. The Balaban J connectivity index is 1.81. The van der Waals surface area contributed by atoms with E-state index >= 15 is 0 Å². The fourth-order valence-electron chi connectivity index (χ4n) is 3.26. The quantitative estimate of drug-likeness (QED) is 0.768. The normalized spacial score (nSPS) is 17.6. The third-order valence-electron chi connectivity index (χ3n) is 4.48. The van der Waals surface area contributed by atoms with Gasteiger partial charge in [-0.05, 0) is 39.7 Å². The number of rotatable bonds is 3. The summed E-state index contributed by atoms with van der Waals surface area (Å²) in [6.45, 7) is 6.78. The smallest absolute Gasteiger partial charge is 0.410 e. The fourth-order valence-corrected chi connectivity index (χ4v) is 3.26. The minimum absolute atomic E-state index is 0.0233. The lowest BCUT2D eigenvalue weighted by Gasteiger charge is -2.35. The Morgan fingerprint density at radius 1 is 1.37 bits per heavy atom. The van der Waals surface area contributed by atoms with E-state index in [-0.39, 0.29) is 18.0 Å². The molecule has 1 saturated heterocycles. The highest BCUT2D eigenvalue weighted by atomic mass is 16.6. The van der Waals surface area contributed by atoms with Crippen molar-refractivity contribution in [2.45, 2.75) is 45.3 Å². The molecule has 146 valence electrons. The van der Waals surface area contributed by atoms with E-state index < -0.39 is 5.60 Å². The SMILES string of the molecule is CNC(=O)c1cnc2[nH]ccc2c1N[C@@H]1CCCN(C(=O)OC(C)(C)C)C1.